The van der Waals surface area contributed by atoms with E-state index in [1.54, 1.807) is 18.2 Å². The highest BCUT2D eigenvalue weighted by molar-refractivity contribution is 7.14. The average Bonchev–Trinajstić information content (AvgIpc) is 2.55. The summed E-state index contributed by atoms with van der Waals surface area (Å²) in [5, 5.41) is 0. The van der Waals surface area contributed by atoms with E-state index in [1.165, 1.54) is 11.3 Å². The molecular weight excluding hydrogens is 232 g/mol. The summed E-state index contributed by atoms with van der Waals surface area (Å²) >= 11 is 1.50. The van der Waals surface area contributed by atoms with Crippen molar-refractivity contribution < 1.29 is 4.79 Å². The fourth-order valence-corrected chi connectivity index (χ4v) is 2.79. The van der Waals surface area contributed by atoms with Crippen molar-refractivity contribution in [1.82, 2.24) is 0 Å². The van der Waals surface area contributed by atoms with E-state index in [4.69, 9.17) is 11.5 Å². The Balaban J connectivity index is 2.47. The molecule has 2 rings (SSSR count). The molecule has 1 aromatic heterocycles. The number of carbonyl (C=O) groups is 1. The van der Waals surface area contributed by atoms with Crippen LogP contribution in [-0.2, 0) is 0 Å². The van der Waals surface area contributed by atoms with E-state index in [1.807, 2.05) is 19.9 Å². The van der Waals surface area contributed by atoms with Gasteiger partial charge in [-0.15, -0.1) is 11.3 Å². The van der Waals surface area contributed by atoms with Crippen LogP contribution in [-0.4, -0.2) is 5.78 Å². The van der Waals surface area contributed by atoms with Crippen LogP contribution in [0.5, 0.6) is 0 Å². The van der Waals surface area contributed by atoms with Gasteiger partial charge in [0.15, 0.2) is 0 Å². The summed E-state index contributed by atoms with van der Waals surface area (Å²) in [4.78, 5) is 14.2. The monoisotopic (exact) mass is 246 g/mol. The van der Waals surface area contributed by atoms with Gasteiger partial charge in [-0.3, -0.25) is 4.79 Å². The zero-order chi connectivity index (χ0) is 12.6. The molecule has 0 amide bonds. The van der Waals surface area contributed by atoms with Crippen LogP contribution in [0.25, 0.3) is 0 Å². The third kappa shape index (κ3) is 2.31. The van der Waals surface area contributed by atoms with Gasteiger partial charge in [0, 0.05) is 21.8 Å². The number of hydrogen-bond donors (Lipinski definition) is 2. The first-order valence-electron chi connectivity index (χ1n) is 5.25. The van der Waals surface area contributed by atoms with E-state index in [2.05, 4.69) is 0 Å². The minimum Gasteiger partial charge on any atom is -0.399 e. The van der Waals surface area contributed by atoms with Crippen molar-refractivity contribution in [2.45, 2.75) is 13.8 Å². The van der Waals surface area contributed by atoms with Crippen molar-refractivity contribution in [3.05, 3.63) is 45.1 Å². The lowest BCUT2D eigenvalue weighted by atomic mass is 10.1. The van der Waals surface area contributed by atoms with Crippen LogP contribution in [0.2, 0.25) is 0 Å². The van der Waals surface area contributed by atoms with Crippen molar-refractivity contribution in [3.63, 3.8) is 0 Å². The van der Waals surface area contributed by atoms with E-state index in [-0.39, 0.29) is 5.78 Å². The van der Waals surface area contributed by atoms with Crippen LogP contribution < -0.4 is 11.5 Å². The number of nitrogen functional groups attached to an aromatic ring is 2. The van der Waals surface area contributed by atoms with Gasteiger partial charge in [0.25, 0.3) is 0 Å². The molecule has 0 saturated heterocycles. The largest absolute Gasteiger partial charge is 0.399 e. The molecule has 88 valence electrons. The van der Waals surface area contributed by atoms with Gasteiger partial charge in [0.2, 0.25) is 5.78 Å². The van der Waals surface area contributed by atoms with Crippen LogP contribution in [0.15, 0.2) is 24.3 Å². The lowest BCUT2D eigenvalue weighted by Gasteiger charge is -2.03. The van der Waals surface area contributed by atoms with Crippen LogP contribution in [0.4, 0.5) is 11.4 Å². The van der Waals surface area contributed by atoms with Crippen molar-refractivity contribution in [2.75, 3.05) is 11.5 Å². The quantitative estimate of drug-likeness (QED) is 0.632. The van der Waals surface area contributed by atoms with Crippen LogP contribution in [0.3, 0.4) is 0 Å². The molecule has 0 radical (unpaired) electrons. The molecule has 3 nitrogen and oxygen atoms in total. The minimum atomic E-state index is -0.0143. The molecular formula is C13H14N2OS. The Labute approximate surface area is 104 Å². The van der Waals surface area contributed by atoms with Gasteiger partial charge in [0.05, 0.1) is 4.88 Å². The molecule has 1 aromatic carbocycles. The Morgan fingerprint density at radius 1 is 1.06 bits per heavy atom. The fourth-order valence-electron chi connectivity index (χ4n) is 1.81. The van der Waals surface area contributed by atoms with E-state index in [9.17, 15) is 4.79 Å². The summed E-state index contributed by atoms with van der Waals surface area (Å²) in [6.07, 6.45) is 0. The first-order chi connectivity index (χ1) is 7.97. The summed E-state index contributed by atoms with van der Waals surface area (Å²) in [5.74, 6) is -0.0143. The maximum atomic E-state index is 12.3. The van der Waals surface area contributed by atoms with Crippen LogP contribution >= 0.6 is 11.3 Å². The van der Waals surface area contributed by atoms with E-state index >= 15 is 0 Å². The van der Waals surface area contributed by atoms with Gasteiger partial charge < -0.3 is 11.5 Å². The number of rotatable bonds is 2. The Kier molecular flexibility index (Phi) is 2.90. The second kappa shape index (κ2) is 4.22. The molecule has 0 unspecified atom stereocenters. The number of ketones is 1. The summed E-state index contributed by atoms with van der Waals surface area (Å²) < 4.78 is 0. The molecule has 0 saturated carbocycles. The molecule has 0 aliphatic carbocycles. The average molecular weight is 246 g/mol. The normalized spacial score (nSPS) is 10.5. The van der Waals surface area contributed by atoms with Crippen molar-refractivity contribution in [3.8, 4) is 0 Å². The van der Waals surface area contributed by atoms with Crippen molar-refractivity contribution in [2.24, 2.45) is 0 Å². The van der Waals surface area contributed by atoms with Crippen molar-refractivity contribution in [1.29, 1.82) is 0 Å². The van der Waals surface area contributed by atoms with Gasteiger partial charge in [-0.1, -0.05) is 0 Å². The summed E-state index contributed by atoms with van der Waals surface area (Å²) in [6, 6.07) is 6.97. The fraction of sp³-hybridized carbons (Fsp3) is 0.154. The van der Waals surface area contributed by atoms with Crippen molar-refractivity contribution >= 4 is 28.5 Å². The molecule has 4 heteroatoms. The molecule has 17 heavy (non-hydrogen) atoms. The predicted octanol–water partition coefficient (Wildman–Crippen LogP) is 2.76. The first-order valence-corrected chi connectivity index (χ1v) is 6.07. The minimum absolute atomic E-state index is 0.0143. The lowest BCUT2D eigenvalue weighted by Crippen LogP contribution is -2.03. The Bertz CT molecular complexity index is 567. The zero-order valence-corrected chi connectivity index (χ0v) is 10.6. The van der Waals surface area contributed by atoms with Gasteiger partial charge in [0.1, 0.15) is 0 Å². The van der Waals surface area contributed by atoms with Crippen LogP contribution in [0.1, 0.15) is 25.7 Å². The summed E-state index contributed by atoms with van der Waals surface area (Å²) in [7, 11) is 0. The Morgan fingerprint density at radius 3 is 2.12 bits per heavy atom. The highest BCUT2D eigenvalue weighted by Gasteiger charge is 2.15. The third-order valence-corrected chi connectivity index (χ3v) is 3.64. The zero-order valence-electron chi connectivity index (χ0n) is 9.78. The molecule has 0 atom stereocenters. The number of nitrogens with two attached hydrogens (primary N) is 2. The maximum Gasteiger partial charge on any atom is 0.203 e. The predicted molar refractivity (Wildman–Crippen MR) is 72.5 cm³/mol. The topological polar surface area (TPSA) is 69.1 Å². The number of hydrogen-bond acceptors (Lipinski definition) is 4. The molecule has 0 fully saturated rings. The van der Waals surface area contributed by atoms with Crippen LogP contribution in [0, 0.1) is 13.8 Å². The number of benzene rings is 1. The smallest absolute Gasteiger partial charge is 0.203 e. The first kappa shape index (κ1) is 11.7. The lowest BCUT2D eigenvalue weighted by molar-refractivity contribution is 0.104. The Morgan fingerprint density at radius 2 is 1.65 bits per heavy atom. The molecule has 0 aliphatic heterocycles. The van der Waals surface area contributed by atoms with E-state index in [0.29, 0.717) is 16.9 Å². The van der Waals surface area contributed by atoms with Gasteiger partial charge in [-0.2, -0.15) is 0 Å². The number of carbonyl (C=O) groups excluding carboxylic acids is 1. The molecule has 4 N–H and O–H groups in total. The molecule has 1 heterocycles. The van der Waals surface area contributed by atoms with Gasteiger partial charge in [-0.25, -0.2) is 0 Å². The van der Waals surface area contributed by atoms with E-state index in [0.717, 1.165) is 15.3 Å². The summed E-state index contributed by atoms with van der Waals surface area (Å²) in [5.41, 5.74) is 14.0. The maximum absolute atomic E-state index is 12.3. The van der Waals surface area contributed by atoms with Gasteiger partial charge >= 0.3 is 0 Å². The molecule has 2 aromatic rings. The second-order valence-corrected chi connectivity index (χ2v) is 5.34. The third-order valence-electron chi connectivity index (χ3n) is 2.49. The number of anilines is 2. The van der Waals surface area contributed by atoms with Gasteiger partial charge in [-0.05, 0) is 43.7 Å². The molecule has 0 spiro atoms. The highest BCUT2D eigenvalue weighted by atomic mass is 32.1. The summed E-state index contributed by atoms with van der Waals surface area (Å²) in [6.45, 7) is 3.93. The standard InChI is InChI=1S/C13H14N2OS/c1-7-3-8(2)17-13(7)12(16)9-4-10(14)6-11(15)5-9/h3-6H,14-15H2,1-2H3. The second-order valence-electron chi connectivity index (χ2n) is 4.09. The number of thiophene rings is 1. The number of aryl methyl sites for hydroxylation is 2. The molecule has 0 aliphatic rings. The van der Waals surface area contributed by atoms with E-state index < -0.39 is 0 Å². The molecule has 0 bridgehead atoms. The Hall–Kier alpha value is -1.81. The SMILES string of the molecule is Cc1cc(C)c(C(=O)c2cc(N)cc(N)c2)s1. The highest BCUT2D eigenvalue weighted by Crippen LogP contribution is 2.25.